The number of nitrogens with zero attached hydrogens (tertiary/aromatic N) is 2. The first-order valence-corrected chi connectivity index (χ1v) is 11.0. The molecular formula is C22H27F3N2OS2. The fourth-order valence-electron chi connectivity index (χ4n) is 2.68. The summed E-state index contributed by atoms with van der Waals surface area (Å²) in [6.45, 7) is 1.62. The lowest BCUT2D eigenvalue weighted by Crippen LogP contribution is -2.27. The molecule has 0 fully saturated rings. The van der Waals surface area contributed by atoms with Crippen LogP contribution in [0, 0.1) is 0 Å². The lowest BCUT2D eigenvalue weighted by molar-refractivity contribution is -0.137. The number of rotatable bonds is 9. The predicted molar refractivity (Wildman–Crippen MR) is 122 cm³/mol. The van der Waals surface area contributed by atoms with Gasteiger partial charge in [-0.25, -0.2) is 0 Å². The van der Waals surface area contributed by atoms with Crippen molar-refractivity contribution in [1.82, 2.24) is 9.80 Å². The molecule has 0 aliphatic rings. The van der Waals surface area contributed by atoms with Gasteiger partial charge in [0.05, 0.1) is 5.56 Å². The highest BCUT2D eigenvalue weighted by Gasteiger charge is 2.30. The van der Waals surface area contributed by atoms with Gasteiger partial charge in [0.25, 0.3) is 0 Å². The molecule has 0 aliphatic heterocycles. The Hall–Kier alpha value is -1.77. The van der Waals surface area contributed by atoms with Crippen molar-refractivity contribution in [1.29, 1.82) is 0 Å². The van der Waals surface area contributed by atoms with E-state index < -0.39 is 11.7 Å². The summed E-state index contributed by atoms with van der Waals surface area (Å²) in [5, 5.41) is 0. The van der Waals surface area contributed by atoms with E-state index in [-0.39, 0.29) is 6.10 Å². The molecule has 0 spiro atoms. The SMILES string of the molecule is CN(C)CCSC(=S)N(C)CCC(Oc1ccc(C(F)(F)F)cc1)c1ccccc1. The fourth-order valence-corrected chi connectivity index (χ4v) is 3.96. The summed E-state index contributed by atoms with van der Waals surface area (Å²) in [6.07, 6.45) is -4.00. The van der Waals surface area contributed by atoms with E-state index in [2.05, 4.69) is 4.90 Å². The van der Waals surface area contributed by atoms with Gasteiger partial charge in [-0.3, -0.25) is 0 Å². The third-order valence-corrected chi connectivity index (χ3v) is 6.04. The highest BCUT2D eigenvalue weighted by atomic mass is 32.2. The smallest absolute Gasteiger partial charge is 0.416 e. The highest BCUT2D eigenvalue weighted by molar-refractivity contribution is 8.22. The molecule has 2 aromatic rings. The van der Waals surface area contributed by atoms with Gasteiger partial charge >= 0.3 is 6.18 Å². The zero-order chi connectivity index (χ0) is 22.1. The van der Waals surface area contributed by atoms with E-state index in [9.17, 15) is 13.2 Å². The summed E-state index contributed by atoms with van der Waals surface area (Å²) in [5.41, 5.74) is 0.280. The second kappa shape index (κ2) is 11.6. The maximum atomic E-state index is 12.8. The molecule has 0 saturated heterocycles. The summed E-state index contributed by atoms with van der Waals surface area (Å²) in [5.74, 6) is 1.32. The first kappa shape index (κ1) is 24.5. The largest absolute Gasteiger partial charge is 0.486 e. The Kier molecular flexibility index (Phi) is 9.45. The summed E-state index contributed by atoms with van der Waals surface area (Å²) in [6, 6.07) is 14.5. The number of alkyl halides is 3. The Morgan fingerprint density at radius 3 is 2.20 bits per heavy atom. The van der Waals surface area contributed by atoms with Gasteiger partial charge in [-0.05, 0) is 43.9 Å². The first-order valence-electron chi connectivity index (χ1n) is 9.58. The van der Waals surface area contributed by atoms with Crippen LogP contribution < -0.4 is 4.74 Å². The Bertz CT molecular complexity index is 783. The Morgan fingerprint density at radius 2 is 1.63 bits per heavy atom. The number of ether oxygens (including phenoxy) is 1. The quantitative estimate of drug-likeness (QED) is 0.447. The third kappa shape index (κ3) is 8.16. The zero-order valence-corrected chi connectivity index (χ0v) is 19.0. The molecule has 0 bridgehead atoms. The second-order valence-electron chi connectivity index (χ2n) is 7.17. The molecule has 1 unspecified atom stereocenters. The fraction of sp³-hybridized carbons (Fsp3) is 0.409. The standard InChI is InChI=1S/C22H27F3N2OS2/c1-26(2)15-16-30-21(29)27(3)14-13-20(17-7-5-4-6-8-17)28-19-11-9-18(10-12-19)22(23,24)25/h4-12,20H,13-16H2,1-3H3. The van der Waals surface area contributed by atoms with Gasteiger partial charge in [-0.2, -0.15) is 13.2 Å². The molecule has 1 atom stereocenters. The van der Waals surface area contributed by atoms with E-state index in [4.69, 9.17) is 17.0 Å². The molecule has 8 heteroatoms. The first-order chi connectivity index (χ1) is 14.2. The van der Waals surface area contributed by atoms with Crippen molar-refractivity contribution in [2.24, 2.45) is 0 Å². The van der Waals surface area contributed by atoms with Crippen molar-refractivity contribution in [2.75, 3.05) is 40.0 Å². The molecule has 30 heavy (non-hydrogen) atoms. The van der Waals surface area contributed by atoms with Crippen molar-refractivity contribution < 1.29 is 17.9 Å². The van der Waals surface area contributed by atoms with Crippen LogP contribution in [0.2, 0.25) is 0 Å². The molecule has 0 saturated carbocycles. The van der Waals surface area contributed by atoms with E-state index in [0.29, 0.717) is 18.7 Å². The molecule has 0 N–H and O–H groups in total. The van der Waals surface area contributed by atoms with Gasteiger partial charge in [0.2, 0.25) is 0 Å². The van der Waals surface area contributed by atoms with Gasteiger partial charge < -0.3 is 14.5 Å². The maximum Gasteiger partial charge on any atom is 0.416 e. The molecule has 0 aromatic heterocycles. The molecule has 0 aliphatic carbocycles. The van der Waals surface area contributed by atoms with E-state index >= 15 is 0 Å². The Balaban J connectivity index is 2.01. The molecular weight excluding hydrogens is 429 g/mol. The zero-order valence-electron chi connectivity index (χ0n) is 17.4. The average molecular weight is 457 g/mol. The third-order valence-electron chi connectivity index (χ3n) is 4.43. The van der Waals surface area contributed by atoms with E-state index in [1.807, 2.05) is 56.4 Å². The summed E-state index contributed by atoms with van der Waals surface area (Å²) < 4.78 is 45.3. The molecule has 3 nitrogen and oxygen atoms in total. The van der Waals surface area contributed by atoms with Crippen LogP contribution in [0.3, 0.4) is 0 Å². The number of thiocarbonyl (C=S) groups is 1. The molecule has 2 rings (SSSR count). The van der Waals surface area contributed by atoms with Crippen molar-refractivity contribution in [3.05, 3.63) is 65.7 Å². The number of hydrogen-bond donors (Lipinski definition) is 0. The van der Waals surface area contributed by atoms with Crippen LogP contribution in [0.5, 0.6) is 5.75 Å². The molecule has 0 amide bonds. The minimum atomic E-state index is -4.36. The van der Waals surface area contributed by atoms with Crippen LogP contribution in [0.15, 0.2) is 54.6 Å². The minimum absolute atomic E-state index is 0.292. The lowest BCUT2D eigenvalue weighted by Gasteiger charge is -2.25. The Labute approximate surface area is 186 Å². The predicted octanol–water partition coefficient (Wildman–Crippen LogP) is 5.73. The number of hydrogen-bond acceptors (Lipinski definition) is 4. The van der Waals surface area contributed by atoms with Crippen LogP contribution in [-0.4, -0.2) is 54.1 Å². The van der Waals surface area contributed by atoms with Crippen molar-refractivity contribution in [2.45, 2.75) is 18.7 Å². The van der Waals surface area contributed by atoms with Crippen molar-refractivity contribution in [3.63, 3.8) is 0 Å². The highest BCUT2D eigenvalue weighted by Crippen LogP contribution is 2.32. The van der Waals surface area contributed by atoms with Crippen LogP contribution >= 0.6 is 24.0 Å². The van der Waals surface area contributed by atoms with Crippen LogP contribution in [0.25, 0.3) is 0 Å². The van der Waals surface area contributed by atoms with Crippen LogP contribution in [0.1, 0.15) is 23.7 Å². The molecule has 164 valence electrons. The maximum absolute atomic E-state index is 12.8. The summed E-state index contributed by atoms with van der Waals surface area (Å²) in [7, 11) is 6.00. The van der Waals surface area contributed by atoms with Gasteiger partial charge in [-0.15, -0.1) is 0 Å². The molecule has 0 radical (unpaired) electrons. The summed E-state index contributed by atoms with van der Waals surface area (Å²) in [4.78, 5) is 4.13. The number of halogens is 3. The lowest BCUT2D eigenvalue weighted by atomic mass is 10.1. The number of thioether (sulfide) groups is 1. The minimum Gasteiger partial charge on any atom is -0.486 e. The normalized spacial score (nSPS) is 12.6. The van der Waals surface area contributed by atoms with Gasteiger partial charge in [0.15, 0.2) is 0 Å². The van der Waals surface area contributed by atoms with E-state index in [0.717, 1.165) is 34.3 Å². The van der Waals surface area contributed by atoms with Crippen molar-refractivity contribution in [3.8, 4) is 5.75 Å². The van der Waals surface area contributed by atoms with E-state index in [1.54, 1.807) is 11.8 Å². The van der Waals surface area contributed by atoms with Crippen LogP contribution in [-0.2, 0) is 6.18 Å². The van der Waals surface area contributed by atoms with Gasteiger partial charge in [0.1, 0.15) is 16.2 Å². The van der Waals surface area contributed by atoms with E-state index in [1.165, 1.54) is 12.1 Å². The monoisotopic (exact) mass is 456 g/mol. The summed E-state index contributed by atoms with van der Waals surface area (Å²) >= 11 is 7.14. The van der Waals surface area contributed by atoms with Crippen molar-refractivity contribution >= 4 is 28.3 Å². The van der Waals surface area contributed by atoms with Gasteiger partial charge in [-0.1, -0.05) is 54.3 Å². The molecule has 2 aromatic carbocycles. The average Bonchev–Trinajstić information content (AvgIpc) is 2.70. The number of benzene rings is 2. The topological polar surface area (TPSA) is 15.7 Å². The van der Waals surface area contributed by atoms with Gasteiger partial charge in [0, 0.05) is 32.3 Å². The second-order valence-corrected chi connectivity index (χ2v) is 8.90. The van der Waals surface area contributed by atoms with Crippen LogP contribution in [0.4, 0.5) is 13.2 Å². The molecule has 0 heterocycles. The Morgan fingerprint density at radius 1 is 1.00 bits per heavy atom.